The molecule has 0 amide bonds. The molecular formula is C18H23BrFN. The normalized spacial score (nSPS) is 20.8. The van der Waals surface area contributed by atoms with E-state index in [-0.39, 0.29) is 5.82 Å². The van der Waals surface area contributed by atoms with Crippen LogP contribution in [0.25, 0.3) is 6.08 Å². The van der Waals surface area contributed by atoms with Crippen LogP contribution >= 0.6 is 15.9 Å². The van der Waals surface area contributed by atoms with Crippen LogP contribution in [0.1, 0.15) is 50.5 Å². The SMILES string of the molecule is Fc1cc(/C=C(/CNC2CC2)C2CCCCC2)ccc1Br. The fraction of sp³-hybridized carbons (Fsp3) is 0.556. The Kier molecular flexibility index (Phi) is 5.12. The zero-order valence-corrected chi connectivity index (χ0v) is 14.0. The van der Waals surface area contributed by atoms with E-state index in [0.29, 0.717) is 10.4 Å². The number of hydrogen-bond donors (Lipinski definition) is 1. The van der Waals surface area contributed by atoms with Crippen LogP contribution in [0.4, 0.5) is 4.39 Å². The number of benzene rings is 1. The highest BCUT2D eigenvalue weighted by Crippen LogP contribution is 2.31. The van der Waals surface area contributed by atoms with Crippen molar-refractivity contribution in [2.45, 2.75) is 51.0 Å². The highest BCUT2D eigenvalue weighted by molar-refractivity contribution is 9.10. The second-order valence-corrected chi connectivity index (χ2v) is 7.24. The summed E-state index contributed by atoms with van der Waals surface area (Å²) in [7, 11) is 0. The quantitative estimate of drug-likeness (QED) is 0.758. The van der Waals surface area contributed by atoms with Crippen LogP contribution < -0.4 is 5.32 Å². The minimum atomic E-state index is -0.179. The molecule has 0 aliphatic heterocycles. The van der Waals surface area contributed by atoms with E-state index < -0.39 is 0 Å². The van der Waals surface area contributed by atoms with Gasteiger partial charge in [-0.3, -0.25) is 0 Å². The molecule has 0 saturated heterocycles. The van der Waals surface area contributed by atoms with Crippen molar-refractivity contribution in [1.29, 1.82) is 0 Å². The molecule has 2 aliphatic carbocycles. The van der Waals surface area contributed by atoms with Gasteiger partial charge in [0.15, 0.2) is 0 Å². The predicted molar refractivity (Wildman–Crippen MR) is 89.7 cm³/mol. The topological polar surface area (TPSA) is 12.0 Å². The third-order valence-corrected chi connectivity index (χ3v) is 5.24. The van der Waals surface area contributed by atoms with Crippen LogP contribution in [0, 0.1) is 11.7 Å². The highest BCUT2D eigenvalue weighted by Gasteiger charge is 2.23. The van der Waals surface area contributed by atoms with Gasteiger partial charge in [-0.05, 0) is 65.2 Å². The number of nitrogens with one attached hydrogen (secondary N) is 1. The Labute approximate surface area is 135 Å². The van der Waals surface area contributed by atoms with Gasteiger partial charge in [-0.15, -0.1) is 0 Å². The minimum absolute atomic E-state index is 0.179. The van der Waals surface area contributed by atoms with Crippen molar-refractivity contribution in [3.8, 4) is 0 Å². The van der Waals surface area contributed by atoms with Crippen LogP contribution in [0.3, 0.4) is 0 Å². The lowest BCUT2D eigenvalue weighted by atomic mass is 9.83. The van der Waals surface area contributed by atoms with E-state index in [1.807, 2.05) is 6.07 Å². The Morgan fingerprint density at radius 1 is 1.19 bits per heavy atom. The minimum Gasteiger partial charge on any atom is -0.310 e. The van der Waals surface area contributed by atoms with Gasteiger partial charge in [0.05, 0.1) is 4.47 Å². The molecule has 2 aliphatic rings. The first-order chi connectivity index (χ1) is 10.2. The lowest BCUT2D eigenvalue weighted by Gasteiger charge is -2.25. The third kappa shape index (κ3) is 4.40. The van der Waals surface area contributed by atoms with Crippen molar-refractivity contribution in [3.63, 3.8) is 0 Å². The van der Waals surface area contributed by atoms with Crippen molar-refractivity contribution >= 4 is 22.0 Å². The molecule has 0 spiro atoms. The van der Waals surface area contributed by atoms with Crippen LogP contribution in [0.5, 0.6) is 0 Å². The zero-order chi connectivity index (χ0) is 14.7. The average Bonchev–Trinajstić information content (AvgIpc) is 3.32. The molecule has 2 saturated carbocycles. The van der Waals surface area contributed by atoms with E-state index in [1.165, 1.54) is 50.5 Å². The number of hydrogen-bond acceptors (Lipinski definition) is 1. The van der Waals surface area contributed by atoms with Gasteiger partial charge in [0.25, 0.3) is 0 Å². The maximum Gasteiger partial charge on any atom is 0.137 e. The zero-order valence-electron chi connectivity index (χ0n) is 12.4. The monoisotopic (exact) mass is 351 g/mol. The molecule has 3 heteroatoms. The molecule has 3 rings (SSSR count). The summed E-state index contributed by atoms with van der Waals surface area (Å²) in [5.74, 6) is 0.499. The second kappa shape index (κ2) is 7.06. The van der Waals surface area contributed by atoms with Crippen molar-refractivity contribution in [1.82, 2.24) is 5.32 Å². The molecule has 2 fully saturated rings. The van der Waals surface area contributed by atoms with Crippen LogP contribution in [0.15, 0.2) is 28.2 Å². The van der Waals surface area contributed by atoms with Gasteiger partial charge in [-0.2, -0.15) is 0 Å². The molecule has 114 valence electrons. The molecule has 0 atom stereocenters. The van der Waals surface area contributed by atoms with E-state index in [2.05, 4.69) is 27.3 Å². The van der Waals surface area contributed by atoms with Gasteiger partial charge in [-0.25, -0.2) is 4.39 Å². The Hall–Kier alpha value is -0.670. The lowest BCUT2D eigenvalue weighted by molar-refractivity contribution is 0.396. The second-order valence-electron chi connectivity index (χ2n) is 6.38. The average molecular weight is 352 g/mol. The van der Waals surface area contributed by atoms with Gasteiger partial charge in [0, 0.05) is 12.6 Å². The molecule has 1 aromatic carbocycles. The fourth-order valence-electron chi connectivity index (χ4n) is 3.15. The molecule has 1 N–H and O–H groups in total. The molecule has 1 nitrogen and oxygen atoms in total. The number of rotatable bonds is 5. The molecular weight excluding hydrogens is 329 g/mol. The Morgan fingerprint density at radius 3 is 2.62 bits per heavy atom. The molecule has 0 aromatic heterocycles. The Bertz CT molecular complexity index is 516. The van der Waals surface area contributed by atoms with Gasteiger partial charge in [0.1, 0.15) is 5.82 Å². The number of halogens is 2. The fourth-order valence-corrected chi connectivity index (χ4v) is 3.40. The summed E-state index contributed by atoms with van der Waals surface area (Å²) in [6.07, 6.45) is 11.4. The summed E-state index contributed by atoms with van der Waals surface area (Å²) in [6.45, 7) is 0.965. The van der Waals surface area contributed by atoms with E-state index in [9.17, 15) is 4.39 Å². The van der Waals surface area contributed by atoms with Crippen LogP contribution in [-0.4, -0.2) is 12.6 Å². The van der Waals surface area contributed by atoms with Gasteiger partial charge >= 0.3 is 0 Å². The summed E-state index contributed by atoms with van der Waals surface area (Å²) >= 11 is 3.22. The summed E-state index contributed by atoms with van der Waals surface area (Å²) < 4.78 is 14.2. The standard InChI is InChI=1S/C18H23BrFN/c19-17-9-6-13(11-18(17)20)10-15(12-21-16-7-8-16)14-4-2-1-3-5-14/h6,9-11,14,16,21H,1-5,7-8,12H2/b15-10-. The third-order valence-electron chi connectivity index (χ3n) is 4.60. The summed E-state index contributed by atoms with van der Waals surface area (Å²) in [4.78, 5) is 0. The van der Waals surface area contributed by atoms with E-state index >= 15 is 0 Å². The van der Waals surface area contributed by atoms with E-state index in [1.54, 1.807) is 12.1 Å². The van der Waals surface area contributed by atoms with Crippen molar-refractivity contribution in [2.24, 2.45) is 5.92 Å². The summed E-state index contributed by atoms with van der Waals surface area (Å²) in [5.41, 5.74) is 2.44. The van der Waals surface area contributed by atoms with Gasteiger partial charge < -0.3 is 5.32 Å². The van der Waals surface area contributed by atoms with Crippen LogP contribution in [0.2, 0.25) is 0 Å². The van der Waals surface area contributed by atoms with Crippen molar-refractivity contribution < 1.29 is 4.39 Å². The first kappa shape index (κ1) is 15.2. The molecule has 0 bridgehead atoms. The smallest absolute Gasteiger partial charge is 0.137 e. The summed E-state index contributed by atoms with van der Waals surface area (Å²) in [6, 6.07) is 6.14. The first-order valence-electron chi connectivity index (χ1n) is 8.11. The van der Waals surface area contributed by atoms with Crippen LogP contribution in [-0.2, 0) is 0 Å². The summed E-state index contributed by atoms with van der Waals surface area (Å²) in [5, 5.41) is 3.63. The molecule has 0 unspecified atom stereocenters. The van der Waals surface area contributed by atoms with E-state index in [4.69, 9.17) is 0 Å². The van der Waals surface area contributed by atoms with Crippen molar-refractivity contribution in [3.05, 3.63) is 39.6 Å². The molecule has 0 radical (unpaired) electrons. The molecule has 0 heterocycles. The molecule has 1 aromatic rings. The van der Waals surface area contributed by atoms with Crippen molar-refractivity contribution in [2.75, 3.05) is 6.54 Å². The van der Waals surface area contributed by atoms with Gasteiger partial charge in [0.2, 0.25) is 0 Å². The Morgan fingerprint density at radius 2 is 1.95 bits per heavy atom. The lowest BCUT2D eigenvalue weighted by Crippen LogP contribution is -2.24. The predicted octanol–water partition coefficient (Wildman–Crippen LogP) is 5.30. The first-order valence-corrected chi connectivity index (χ1v) is 8.90. The maximum absolute atomic E-state index is 13.7. The highest BCUT2D eigenvalue weighted by atomic mass is 79.9. The molecule has 21 heavy (non-hydrogen) atoms. The largest absolute Gasteiger partial charge is 0.310 e. The Balaban J connectivity index is 1.77. The maximum atomic E-state index is 13.7. The van der Waals surface area contributed by atoms with Gasteiger partial charge in [-0.1, -0.05) is 37.0 Å². The van der Waals surface area contributed by atoms with E-state index in [0.717, 1.165) is 18.2 Å².